The van der Waals surface area contributed by atoms with Gasteiger partial charge in [-0.25, -0.2) is 4.39 Å². The van der Waals surface area contributed by atoms with Crippen molar-refractivity contribution in [1.29, 1.82) is 0 Å². The molecule has 0 radical (unpaired) electrons. The molecule has 0 bridgehead atoms. The van der Waals surface area contributed by atoms with Crippen molar-refractivity contribution in [2.75, 3.05) is 0 Å². The molecular formula is C21H30F2O. The number of benzene rings is 1. The zero-order chi connectivity index (χ0) is 17.4. The van der Waals surface area contributed by atoms with E-state index in [2.05, 4.69) is 6.92 Å². The summed E-state index contributed by atoms with van der Waals surface area (Å²) in [6, 6.07) is 3.18. The maximum Gasteiger partial charge on any atom is 0.201 e. The van der Waals surface area contributed by atoms with Gasteiger partial charge in [0.25, 0.3) is 0 Å². The van der Waals surface area contributed by atoms with Gasteiger partial charge in [0.05, 0.1) is 6.26 Å². The highest BCUT2D eigenvalue weighted by atomic mass is 19.2. The second-order valence-corrected chi connectivity index (χ2v) is 7.01. The van der Waals surface area contributed by atoms with E-state index in [0.717, 1.165) is 12.3 Å². The van der Waals surface area contributed by atoms with Gasteiger partial charge in [0.15, 0.2) is 11.6 Å². The Bertz CT molecular complexity index is 531. The Morgan fingerprint density at radius 3 is 2.33 bits per heavy atom. The van der Waals surface area contributed by atoms with Gasteiger partial charge in [-0.05, 0) is 43.2 Å². The Labute approximate surface area is 145 Å². The Morgan fingerprint density at radius 1 is 1.04 bits per heavy atom. The fraction of sp³-hybridized carbons (Fsp3) is 0.619. The number of hydrogen-bond donors (Lipinski definition) is 0. The first kappa shape index (κ1) is 19.0. The third-order valence-corrected chi connectivity index (χ3v) is 5.21. The van der Waals surface area contributed by atoms with Crippen molar-refractivity contribution in [1.82, 2.24) is 0 Å². The van der Waals surface area contributed by atoms with Crippen molar-refractivity contribution >= 4 is 0 Å². The van der Waals surface area contributed by atoms with E-state index in [1.807, 2.05) is 0 Å². The summed E-state index contributed by atoms with van der Waals surface area (Å²) in [5, 5.41) is 0. The number of halogens is 2. The first-order valence-electron chi connectivity index (χ1n) is 9.40. The molecule has 0 unspecified atom stereocenters. The number of rotatable bonds is 8. The van der Waals surface area contributed by atoms with E-state index in [9.17, 15) is 8.78 Å². The first-order chi connectivity index (χ1) is 11.7. The van der Waals surface area contributed by atoms with Crippen LogP contribution in [0.3, 0.4) is 0 Å². The molecule has 1 nitrogen and oxygen atoms in total. The van der Waals surface area contributed by atoms with Crippen LogP contribution >= 0.6 is 0 Å². The van der Waals surface area contributed by atoms with Gasteiger partial charge in [-0.1, -0.05) is 64.0 Å². The van der Waals surface area contributed by atoms with Gasteiger partial charge in [-0.3, -0.25) is 0 Å². The molecule has 0 aliphatic heterocycles. The molecule has 0 N–H and O–H groups in total. The average Bonchev–Trinajstić information content (AvgIpc) is 2.61. The van der Waals surface area contributed by atoms with Gasteiger partial charge in [0, 0.05) is 0 Å². The summed E-state index contributed by atoms with van der Waals surface area (Å²) in [5.41, 5.74) is 0.466. The van der Waals surface area contributed by atoms with Crippen molar-refractivity contribution in [2.24, 2.45) is 11.8 Å². The van der Waals surface area contributed by atoms with Crippen LogP contribution in [0.15, 0.2) is 24.5 Å². The molecule has 1 aliphatic rings. The molecular weight excluding hydrogens is 306 g/mol. The molecule has 1 aromatic carbocycles. The molecule has 3 heteroatoms. The van der Waals surface area contributed by atoms with Crippen molar-refractivity contribution in [3.05, 3.63) is 41.7 Å². The van der Waals surface area contributed by atoms with Crippen LogP contribution in [0.25, 0.3) is 0 Å². The lowest BCUT2D eigenvalue weighted by Crippen LogP contribution is -2.15. The Balaban J connectivity index is 1.83. The number of ether oxygens (including phenoxy) is 1. The highest BCUT2D eigenvalue weighted by Gasteiger charge is 2.21. The van der Waals surface area contributed by atoms with Gasteiger partial charge in [-0.2, -0.15) is 4.39 Å². The topological polar surface area (TPSA) is 9.23 Å². The number of aryl methyl sites for hydroxylation is 1. The summed E-state index contributed by atoms with van der Waals surface area (Å²) in [7, 11) is 0. The Kier molecular flexibility index (Phi) is 7.74. The van der Waals surface area contributed by atoms with Crippen LogP contribution in [-0.4, -0.2) is 0 Å². The SMILES string of the molecule is C/C=C/Oc1ccc(CCC2CCC(CCCC)CC2)c(F)c1F. The lowest BCUT2D eigenvalue weighted by molar-refractivity contribution is 0.249. The van der Waals surface area contributed by atoms with Crippen LogP contribution in [0.2, 0.25) is 0 Å². The standard InChI is InChI=1S/C21H30F2O/c1-3-5-6-16-7-9-17(10-8-16)11-12-18-13-14-19(24-15-4-2)21(23)20(18)22/h4,13-17H,3,5-12H2,1-2H3/b15-4+. The second kappa shape index (κ2) is 9.80. The molecule has 1 aromatic rings. The van der Waals surface area contributed by atoms with Gasteiger partial charge < -0.3 is 4.74 Å². The minimum Gasteiger partial charge on any atom is -0.462 e. The number of unbranched alkanes of at least 4 members (excludes halogenated alkanes) is 1. The molecule has 0 amide bonds. The van der Waals surface area contributed by atoms with E-state index in [1.165, 1.54) is 57.3 Å². The van der Waals surface area contributed by atoms with Crippen LogP contribution in [-0.2, 0) is 6.42 Å². The summed E-state index contributed by atoms with van der Waals surface area (Å²) in [5.74, 6) is -0.143. The fourth-order valence-electron chi connectivity index (χ4n) is 3.66. The summed E-state index contributed by atoms with van der Waals surface area (Å²) in [4.78, 5) is 0. The highest BCUT2D eigenvalue weighted by molar-refractivity contribution is 5.31. The molecule has 0 heterocycles. The zero-order valence-corrected chi connectivity index (χ0v) is 15.0. The van der Waals surface area contributed by atoms with E-state index in [0.29, 0.717) is 17.9 Å². The molecule has 0 spiro atoms. The second-order valence-electron chi connectivity index (χ2n) is 7.01. The van der Waals surface area contributed by atoms with E-state index in [-0.39, 0.29) is 5.75 Å². The predicted molar refractivity (Wildman–Crippen MR) is 95.1 cm³/mol. The van der Waals surface area contributed by atoms with Crippen molar-refractivity contribution < 1.29 is 13.5 Å². The molecule has 1 saturated carbocycles. The highest BCUT2D eigenvalue weighted by Crippen LogP contribution is 2.34. The van der Waals surface area contributed by atoms with E-state index in [1.54, 1.807) is 19.1 Å². The largest absolute Gasteiger partial charge is 0.462 e. The van der Waals surface area contributed by atoms with Crippen molar-refractivity contribution in [3.63, 3.8) is 0 Å². The first-order valence-corrected chi connectivity index (χ1v) is 9.40. The van der Waals surface area contributed by atoms with Gasteiger partial charge in [0.1, 0.15) is 0 Å². The molecule has 1 fully saturated rings. The zero-order valence-electron chi connectivity index (χ0n) is 15.0. The fourth-order valence-corrected chi connectivity index (χ4v) is 3.66. The van der Waals surface area contributed by atoms with Crippen molar-refractivity contribution in [2.45, 2.75) is 71.6 Å². The molecule has 0 atom stereocenters. The molecule has 2 rings (SSSR count). The lowest BCUT2D eigenvalue weighted by Gasteiger charge is -2.28. The van der Waals surface area contributed by atoms with Gasteiger partial charge >= 0.3 is 0 Å². The minimum absolute atomic E-state index is 0.0502. The minimum atomic E-state index is -0.881. The van der Waals surface area contributed by atoms with Crippen LogP contribution in [0.5, 0.6) is 5.75 Å². The summed E-state index contributed by atoms with van der Waals surface area (Å²) in [6.07, 6.45) is 13.6. The quantitative estimate of drug-likeness (QED) is 0.474. The van der Waals surface area contributed by atoms with Gasteiger partial charge in [0.2, 0.25) is 5.82 Å². The van der Waals surface area contributed by atoms with E-state index >= 15 is 0 Å². The number of hydrogen-bond acceptors (Lipinski definition) is 1. The molecule has 0 saturated heterocycles. The average molecular weight is 336 g/mol. The van der Waals surface area contributed by atoms with Crippen LogP contribution in [0.4, 0.5) is 8.78 Å². The third-order valence-electron chi connectivity index (χ3n) is 5.21. The Morgan fingerprint density at radius 2 is 1.71 bits per heavy atom. The van der Waals surface area contributed by atoms with Crippen LogP contribution < -0.4 is 4.74 Å². The maximum atomic E-state index is 14.2. The molecule has 24 heavy (non-hydrogen) atoms. The van der Waals surface area contributed by atoms with Crippen molar-refractivity contribution in [3.8, 4) is 5.75 Å². The van der Waals surface area contributed by atoms with E-state index < -0.39 is 11.6 Å². The summed E-state index contributed by atoms with van der Waals surface area (Å²) >= 11 is 0. The van der Waals surface area contributed by atoms with Crippen LogP contribution in [0.1, 0.15) is 70.8 Å². The Hall–Kier alpha value is -1.38. The normalized spacial score (nSPS) is 21.3. The molecule has 0 aromatic heterocycles. The smallest absolute Gasteiger partial charge is 0.201 e. The van der Waals surface area contributed by atoms with Gasteiger partial charge in [-0.15, -0.1) is 0 Å². The number of allylic oxidation sites excluding steroid dienone is 1. The maximum absolute atomic E-state index is 14.2. The summed E-state index contributed by atoms with van der Waals surface area (Å²) in [6.45, 7) is 4.01. The summed E-state index contributed by atoms with van der Waals surface area (Å²) < 4.78 is 33.2. The van der Waals surface area contributed by atoms with E-state index in [4.69, 9.17) is 4.74 Å². The molecule has 1 aliphatic carbocycles. The molecule has 134 valence electrons. The monoisotopic (exact) mass is 336 g/mol. The predicted octanol–water partition coefficient (Wildman–Crippen LogP) is 6.81. The lowest BCUT2D eigenvalue weighted by atomic mass is 9.78. The third kappa shape index (κ3) is 5.32. The van der Waals surface area contributed by atoms with Crippen LogP contribution in [0, 0.1) is 23.5 Å².